The lowest BCUT2D eigenvalue weighted by atomic mass is 9.92. The highest BCUT2D eigenvalue weighted by Gasteiger charge is 2.18. The summed E-state index contributed by atoms with van der Waals surface area (Å²) in [5, 5.41) is 8.56. The topological polar surface area (TPSA) is 37.3 Å². The summed E-state index contributed by atoms with van der Waals surface area (Å²) >= 11 is 0. The lowest BCUT2D eigenvalue weighted by molar-refractivity contribution is -0.138. The van der Waals surface area contributed by atoms with Crippen LogP contribution in [0, 0.1) is 11.8 Å². The zero-order chi connectivity index (χ0) is 8.97. The third-order valence-electron chi connectivity index (χ3n) is 2.73. The van der Waals surface area contributed by atoms with Crippen LogP contribution in [0.4, 0.5) is 0 Å². The molecule has 0 aromatic rings. The van der Waals surface area contributed by atoms with E-state index in [0.717, 1.165) is 12.3 Å². The van der Waals surface area contributed by atoms with E-state index in [1.807, 2.05) is 6.92 Å². The fourth-order valence-corrected chi connectivity index (χ4v) is 2.20. The lowest BCUT2D eigenvalue weighted by Crippen LogP contribution is -2.08. The molecular formula is C10H18O2. The number of carbonyl (C=O) groups is 1. The third kappa shape index (κ3) is 3.24. The second kappa shape index (κ2) is 4.48. The average Bonchev–Trinajstić information content (AvgIpc) is 2.37. The van der Waals surface area contributed by atoms with Crippen LogP contribution in [0.1, 0.15) is 45.4 Å². The minimum absolute atomic E-state index is 0.344. The second-order valence-corrected chi connectivity index (χ2v) is 4.09. The molecule has 0 amide bonds. The predicted octanol–water partition coefficient (Wildman–Crippen LogP) is 2.68. The SMILES string of the molecule is CC(CC(=O)O)CC1CCCC1. The predicted molar refractivity (Wildman–Crippen MR) is 48.0 cm³/mol. The van der Waals surface area contributed by atoms with Gasteiger partial charge >= 0.3 is 5.97 Å². The van der Waals surface area contributed by atoms with Crippen molar-refractivity contribution in [3.63, 3.8) is 0 Å². The molecule has 1 aliphatic carbocycles. The number of hydrogen-bond donors (Lipinski definition) is 1. The average molecular weight is 170 g/mol. The molecule has 0 aliphatic heterocycles. The molecule has 1 unspecified atom stereocenters. The van der Waals surface area contributed by atoms with E-state index in [2.05, 4.69) is 0 Å². The maximum absolute atomic E-state index is 10.4. The van der Waals surface area contributed by atoms with Crippen LogP contribution in [0.15, 0.2) is 0 Å². The molecule has 0 bridgehead atoms. The van der Waals surface area contributed by atoms with Gasteiger partial charge in [-0.15, -0.1) is 0 Å². The first kappa shape index (κ1) is 9.56. The molecule has 1 fully saturated rings. The van der Waals surface area contributed by atoms with Gasteiger partial charge in [0, 0.05) is 6.42 Å². The molecule has 0 aromatic heterocycles. The van der Waals surface area contributed by atoms with Gasteiger partial charge in [-0.3, -0.25) is 4.79 Å². The quantitative estimate of drug-likeness (QED) is 0.704. The molecule has 1 rings (SSSR count). The number of hydrogen-bond acceptors (Lipinski definition) is 1. The van der Waals surface area contributed by atoms with E-state index < -0.39 is 5.97 Å². The van der Waals surface area contributed by atoms with Crippen LogP contribution in [0.2, 0.25) is 0 Å². The normalized spacial score (nSPS) is 21.1. The van der Waals surface area contributed by atoms with Gasteiger partial charge in [0.25, 0.3) is 0 Å². The molecular weight excluding hydrogens is 152 g/mol. The molecule has 0 heterocycles. The summed E-state index contributed by atoms with van der Waals surface area (Å²) in [4.78, 5) is 10.4. The highest BCUT2D eigenvalue weighted by atomic mass is 16.4. The van der Waals surface area contributed by atoms with E-state index in [1.165, 1.54) is 25.7 Å². The summed E-state index contributed by atoms with van der Waals surface area (Å²) < 4.78 is 0. The van der Waals surface area contributed by atoms with Gasteiger partial charge in [-0.05, 0) is 18.3 Å². The van der Waals surface area contributed by atoms with Crippen LogP contribution in [-0.4, -0.2) is 11.1 Å². The highest BCUT2D eigenvalue weighted by Crippen LogP contribution is 2.30. The molecule has 2 heteroatoms. The largest absolute Gasteiger partial charge is 0.481 e. The zero-order valence-corrected chi connectivity index (χ0v) is 7.75. The van der Waals surface area contributed by atoms with E-state index in [-0.39, 0.29) is 0 Å². The van der Waals surface area contributed by atoms with Gasteiger partial charge in [-0.2, -0.15) is 0 Å². The van der Waals surface area contributed by atoms with Crippen molar-refractivity contribution in [2.24, 2.45) is 11.8 Å². The number of aliphatic carboxylic acids is 1. The summed E-state index contributed by atoms with van der Waals surface area (Å²) in [5.41, 5.74) is 0. The van der Waals surface area contributed by atoms with Gasteiger partial charge in [0.15, 0.2) is 0 Å². The van der Waals surface area contributed by atoms with Crippen LogP contribution < -0.4 is 0 Å². The minimum Gasteiger partial charge on any atom is -0.481 e. The molecule has 2 nitrogen and oxygen atoms in total. The summed E-state index contributed by atoms with van der Waals surface area (Å²) in [5.74, 6) is 0.533. The van der Waals surface area contributed by atoms with Crippen molar-refractivity contribution in [3.8, 4) is 0 Å². The first-order valence-electron chi connectivity index (χ1n) is 4.90. The standard InChI is InChI=1S/C10H18O2/c1-8(7-10(11)12)6-9-4-2-3-5-9/h8-9H,2-7H2,1H3,(H,11,12). The maximum atomic E-state index is 10.4. The van der Waals surface area contributed by atoms with Gasteiger partial charge in [0.05, 0.1) is 0 Å². The van der Waals surface area contributed by atoms with Crippen molar-refractivity contribution in [1.29, 1.82) is 0 Å². The third-order valence-corrected chi connectivity index (χ3v) is 2.73. The lowest BCUT2D eigenvalue weighted by Gasteiger charge is -2.13. The monoisotopic (exact) mass is 170 g/mol. The fraction of sp³-hybridized carbons (Fsp3) is 0.900. The van der Waals surface area contributed by atoms with Crippen molar-refractivity contribution in [2.75, 3.05) is 0 Å². The van der Waals surface area contributed by atoms with Crippen molar-refractivity contribution in [3.05, 3.63) is 0 Å². The van der Waals surface area contributed by atoms with E-state index in [0.29, 0.717) is 12.3 Å². The van der Waals surface area contributed by atoms with Crippen LogP contribution in [0.25, 0.3) is 0 Å². The summed E-state index contributed by atoms with van der Waals surface area (Å²) in [6.45, 7) is 2.05. The van der Waals surface area contributed by atoms with Crippen LogP contribution >= 0.6 is 0 Å². The molecule has 0 radical (unpaired) electrons. The molecule has 0 aromatic carbocycles. The summed E-state index contributed by atoms with van der Waals surface area (Å²) in [6, 6.07) is 0. The van der Waals surface area contributed by atoms with Gasteiger partial charge in [0.2, 0.25) is 0 Å². The Morgan fingerprint density at radius 2 is 2.08 bits per heavy atom. The smallest absolute Gasteiger partial charge is 0.303 e. The van der Waals surface area contributed by atoms with E-state index in [1.54, 1.807) is 0 Å². The van der Waals surface area contributed by atoms with Gasteiger partial charge in [-0.1, -0.05) is 32.6 Å². The number of rotatable bonds is 4. The second-order valence-electron chi connectivity index (χ2n) is 4.09. The summed E-state index contributed by atoms with van der Waals surface area (Å²) in [6.07, 6.45) is 6.81. The Balaban J connectivity index is 2.16. The maximum Gasteiger partial charge on any atom is 0.303 e. The fourth-order valence-electron chi connectivity index (χ4n) is 2.20. The van der Waals surface area contributed by atoms with Crippen LogP contribution in [0.5, 0.6) is 0 Å². The molecule has 0 saturated heterocycles. The molecule has 1 saturated carbocycles. The Labute approximate surface area is 74.0 Å². The Morgan fingerprint density at radius 3 is 2.58 bits per heavy atom. The van der Waals surface area contributed by atoms with Crippen molar-refractivity contribution < 1.29 is 9.90 Å². The Morgan fingerprint density at radius 1 is 1.50 bits per heavy atom. The van der Waals surface area contributed by atoms with Crippen molar-refractivity contribution in [2.45, 2.75) is 45.4 Å². The first-order valence-corrected chi connectivity index (χ1v) is 4.90. The Kier molecular flexibility index (Phi) is 3.57. The van der Waals surface area contributed by atoms with E-state index >= 15 is 0 Å². The molecule has 0 spiro atoms. The first-order chi connectivity index (χ1) is 5.68. The highest BCUT2D eigenvalue weighted by molar-refractivity contribution is 5.66. The van der Waals surface area contributed by atoms with Gasteiger partial charge in [0.1, 0.15) is 0 Å². The minimum atomic E-state index is -0.652. The Bertz CT molecular complexity index is 148. The summed E-state index contributed by atoms with van der Waals surface area (Å²) in [7, 11) is 0. The van der Waals surface area contributed by atoms with Crippen LogP contribution in [-0.2, 0) is 4.79 Å². The van der Waals surface area contributed by atoms with Crippen LogP contribution in [0.3, 0.4) is 0 Å². The van der Waals surface area contributed by atoms with Gasteiger partial charge < -0.3 is 5.11 Å². The molecule has 1 atom stereocenters. The van der Waals surface area contributed by atoms with E-state index in [9.17, 15) is 4.79 Å². The molecule has 1 N–H and O–H groups in total. The molecule has 1 aliphatic rings. The zero-order valence-electron chi connectivity index (χ0n) is 7.75. The number of carboxylic acid groups (broad SMARTS) is 1. The molecule has 12 heavy (non-hydrogen) atoms. The van der Waals surface area contributed by atoms with E-state index in [4.69, 9.17) is 5.11 Å². The van der Waals surface area contributed by atoms with Crippen molar-refractivity contribution in [1.82, 2.24) is 0 Å². The molecule has 70 valence electrons. The Hall–Kier alpha value is -0.530. The van der Waals surface area contributed by atoms with Crippen molar-refractivity contribution >= 4 is 5.97 Å². The van der Waals surface area contributed by atoms with Gasteiger partial charge in [-0.25, -0.2) is 0 Å². The number of carboxylic acids is 1.